The fourth-order valence-electron chi connectivity index (χ4n) is 1.33. The Balaban J connectivity index is 2.90. The van der Waals surface area contributed by atoms with Gasteiger partial charge in [0.1, 0.15) is 5.75 Å². The highest BCUT2D eigenvalue weighted by molar-refractivity contribution is 5.73. The van der Waals surface area contributed by atoms with Crippen LogP contribution in [-0.4, -0.2) is 12.1 Å². The van der Waals surface area contributed by atoms with Gasteiger partial charge in [0.2, 0.25) is 0 Å². The third-order valence-electron chi connectivity index (χ3n) is 2.17. The van der Waals surface area contributed by atoms with Gasteiger partial charge in [-0.15, -0.1) is 6.58 Å². The third-order valence-corrected chi connectivity index (χ3v) is 2.17. The summed E-state index contributed by atoms with van der Waals surface area (Å²) in [6.45, 7) is 9.70. The van der Waals surface area contributed by atoms with E-state index in [9.17, 15) is 0 Å². The predicted molar refractivity (Wildman–Crippen MR) is 69.9 cm³/mol. The van der Waals surface area contributed by atoms with Gasteiger partial charge in [-0.1, -0.05) is 12.1 Å². The number of para-hydroxylation sites is 1. The molecule has 0 aliphatic rings. The van der Waals surface area contributed by atoms with Crippen molar-refractivity contribution in [2.75, 3.05) is 11.1 Å². The molecule has 0 aliphatic heterocycles. The maximum atomic E-state index is 6.01. The van der Waals surface area contributed by atoms with Crippen LogP contribution in [-0.2, 0) is 0 Å². The van der Waals surface area contributed by atoms with Crippen LogP contribution in [0.5, 0.6) is 5.75 Å². The monoisotopic (exact) mass is 220 g/mol. The quantitative estimate of drug-likeness (QED) is 0.592. The van der Waals surface area contributed by atoms with Gasteiger partial charge in [0.05, 0.1) is 17.5 Å². The smallest absolute Gasteiger partial charge is 0.144 e. The van der Waals surface area contributed by atoms with Crippen molar-refractivity contribution < 1.29 is 4.74 Å². The molecule has 0 saturated carbocycles. The van der Waals surface area contributed by atoms with Gasteiger partial charge in [0.25, 0.3) is 0 Å². The van der Waals surface area contributed by atoms with Crippen LogP contribution in [0.2, 0.25) is 0 Å². The first-order valence-electron chi connectivity index (χ1n) is 5.48. The minimum absolute atomic E-state index is 0.120. The zero-order valence-electron chi connectivity index (χ0n) is 10.2. The predicted octanol–water partition coefficient (Wildman–Crippen LogP) is 3.04. The van der Waals surface area contributed by atoms with Gasteiger partial charge in [0.15, 0.2) is 0 Å². The molecule has 0 heterocycles. The average molecular weight is 220 g/mol. The second-order valence-corrected chi connectivity index (χ2v) is 4.05. The lowest BCUT2D eigenvalue weighted by atomic mass is 10.2. The molecule has 0 bridgehead atoms. The standard InChI is InChI=1S/C13H20N2O/c1-5-10(4)15-11-7-6-8-12(13(11)14)16-9(2)3/h5-10,15H,1,14H2,2-4H3. The van der Waals surface area contributed by atoms with Gasteiger partial charge in [-0.3, -0.25) is 0 Å². The second kappa shape index (κ2) is 5.45. The summed E-state index contributed by atoms with van der Waals surface area (Å²) in [6, 6.07) is 5.91. The summed E-state index contributed by atoms with van der Waals surface area (Å²) in [5.41, 5.74) is 7.54. The topological polar surface area (TPSA) is 47.3 Å². The molecule has 1 aromatic carbocycles. The Labute approximate surface area is 97.3 Å². The number of anilines is 2. The zero-order chi connectivity index (χ0) is 12.1. The Morgan fingerprint density at radius 2 is 2.06 bits per heavy atom. The molecule has 16 heavy (non-hydrogen) atoms. The Hall–Kier alpha value is -1.64. The first kappa shape index (κ1) is 12.4. The molecule has 88 valence electrons. The number of nitrogens with two attached hydrogens (primary N) is 1. The lowest BCUT2D eigenvalue weighted by Crippen LogP contribution is -2.14. The molecule has 3 heteroatoms. The fourth-order valence-corrected chi connectivity index (χ4v) is 1.33. The molecular weight excluding hydrogens is 200 g/mol. The van der Waals surface area contributed by atoms with Crippen molar-refractivity contribution in [3.8, 4) is 5.75 Å². The van der Waals surface area contributed by atoms with Gasteiger partial charge >= 0.3 is 0 Å². The molecule has 3 nitrogen and oxygen atoms in total. The van der Waals surface area contributed by atoms with E-state index in [4.69, 9.17) is 10.5 Å². The van der Waals surface area contributed by atoms with E-state index in [1.807, 2.05) is 45.0 Å². The highest BCUT2D eigenvalue weighted by Crippen LogP contribution is 2.30. The summed E-state index contributed by atoms with van der Waals surface area (Å²) >= 11 is 0. The number of hydrogen-bond donors (Lipinski definition) is 2. The van der Waals surface area contributed by atoms with Crippen LogP contribution in [0.3, 0.4) is 0 Å². The molecule has 0 fully saturated rings. The zero-order valence-corrected chi connectivity index (χ0v) is 10.2. The Kier molecular flexibility index (Phi) is 4.23. The molecule has 3 N–H and O–H groups in total. The van der Waals surface area contributed by atoms with Crippen LogP contribution in [0.25, 0.3) is 0 Å². The summed E-state index contributed by atoms with van der Waals surface area (Å²) in [5.74, 6) is 0.719. The third kappa shape index (κ3) is 3.19. The minimum Gasteiger partial charge on any atom is -0.489 e. The van der Waals surface area contributed by atoms with E-state index < -0.39 is 0 Å². The van der Waals surface area contributed by atoms with E-state index >= 15 is 0 Å². The molecule has 1 aromatic rings. The Bertz CT molecular complexity index is 361. The van der Waals surface area contributed by atoms with E-state index in [0.717, 1.165) is 11.4 Å². The molecule has 0 amide bonds. The number of hydrogen-bond acceptors (Lipinski definition) is 3. The van der Waals surface area contributed by atoms with Crippen LogP contribution in [0.1, 0.15) is 20.8 Å². The lowest BCUT2D eigenvalue weighted by molar-refractivity contribution is 0.244. The van der Waals surface area contributed by atoms with Crippen LogP contribution in [0.4, 0.5) is 11.4 Å². The van der Waals surface area contributed by atoms with Crippen molar-refractivity contribution in [3.05, 3.63) is 30.9 Å². The first-order chi connectivity index (χ1) is 7.54. The van der Waals surface area contributed by atoms with Crippen molar-refractivity contribution in [2.24, 2.45) is 0 Å². The van der Waals surface area contributed by atoms with E-state index in [1.54, 1.807) is 0 Å². The number of nitrogens with one attached hydrogen (secondary N) is 1. The second-order valence-electron chi connectivity index (χ2n) is 4.05. The number of nitrogen functional groups attached to an aromatic ring is 1. The van der Waals surface area contributed by atoms with E-state index in [-0.39, 0.29) is 12.1 Å². The van der Waals surface area contributed by atoms with Gasteiger partial charge < -0.3 is 15.8 Å². The van der Waals surface area contributed by atoms with E-state index in [2.05, 4.69) is 11.9 Å². The van der Waals surface area contributed by atoms with Crippen molar-refractivity contribution in [1.29, 1.82) is 0 Å². The molecule has 0 aliphatic carbocycles. The highest BCUT2D eigenvalue weighted by Gasteiger charge is 2.08. The van der Waals surface area contributed by atoms with Crippen molar-refractivity contribution in [1.82, 2.24) is 0 Å². The summed E-state index contributed by atoms with van der Waals surface area (Å²) in [4.78, 5) is 0. The van der Waals surface area contributed by atoms with Crippen molar-refractivity contribution in [2.45, 2.75) is 32.9 Å². The summed E-state index contributed by atoms with van der Waals surface area (Å²) in [6.07, 6.45) is 1.95. The molecule has 1 rings (SSSR count). The normalized spacial score (nSPS) is 12.2. The van der Waals surface area contributed by atoms with Gasteiger partial charge in [-0.2, -0.15) is 0 Å². The number of benzene rings is 1. The fraction of sp³-hybridized carbons (Fsp3) is 0.385. The number of ether oxygens (including phenoxy) is 1. The van der Waals surface area contributed by atoms with Crippen molar-refractivity contribution >= 4 is 11.4 Å². The molecule has 0 radical (unpaired) electrons. The average Bonchev–Trinajstić information content (AvgIpc) is 2.23. The van der Waals surface area contributed by atoms with Crippen LogP contribution in [0, 0.1) is 0 Å². The minimum atomic E-state index is 0.120. The maximum absolute atomic E-state index is 6.01. The molecule has 1 atom stereocenters. The Morgan fingerprint density at radius 1 is 1.38 bits per heavy atom. The molecule has 0 saturated heterocycles. The molecular formula is C13H20N2O. The summed E-state index contributed by atoms with van der Waals surface area (Å²) in [5, 5.41) is 3.25. The van der Waals surface area contributed by atoms with Gasteiger partial charge in [-0.05, 0) is 32.9 Å². The van der Waals surface area contributed by atoms with Gasteiger partial charge in [0, 0.05) is 6.04 Å². The summed E-state index contributed by atoms with van der Waals surface area (Å²) in [7, 11) is 0. The SMILES string of the molecule is C=CC(C)Nc1cccc(OC(C)C)c1N. The van der Waals surface area contributed by atoms with Crippen molar-refractivity contribution in [3.63, 3.8) is 0 Å². The van der Waals surface area contributed by atoms with E-state index in [1.165, 1.54) is 0 Å². The van der Waals surface area contributed by atoms with E-state index in [0.29, 0.717) is 5.69 Å². The Morgan fingerprint density at radius 3 is 2.62 bits per heavy atom. The molecule has 0 aromatic heterocycles. The number of rotatable bonds is 5. The van der Waals surface area contributed by atoms with Crippen LogP contribution in [0.15, 0.2) is 30.9 Å². The van der Waals surface area contributed by atoms with Gasteiger partial charge in [-0.25, -0.2) is 0 Å². The largest absolute Gasteiger partial charge is 0.489 e. The molecule has 1 unspecified atom stereocenters. The molecule has 0 spiro atoms. The first-order valence-corrected chi connectivity index (χ1v) is 5.48. The van der Waals surface area contributed by atoms with Crippen LogP contribution < -0.4 is 15.8 Å². The summed E-state index contributed by atoms with van der Waals surface area (Å²) < 4.78 is 5.61. The maximum Gasteiger partial charge on any atom is 0.144 e. The van der Waals surface area contributed by atoms with Crippen LogP contribution >= 0.6 is 0 Å². The highest BCUT2D eigenvalue weighted by atomic mass is 16.5. The lowest BCUT2D eigenvalue weighted by Gasteiger charge is -2.17.